The third-order valence-electron chi connectivity index (χ3n) is 3.08. The Labute approximate surface area is 110 Å². The zero-order valence-electron chi connectivity index (χ0n) is 9.88. The summed E-state index contributed by atoms with van der Waals surface area (Å²) in [5, 5.41) is 3.89. The Balaban J connectivity index is 2.05. The van der Waals surface area contributed by atoms with E-state index in [1.807, 2.05) is 0 Å². The van der Waals surface area contributed by atoms with Crippen LogP contribution in [-0.4, -0.2) is 40.9 Å². The van der Waals surface area contributed by atoms with Crippen LogP contribution in [0.1, 0.15) is 12.8 Å². The molecule has 1 aromatic rings. The summed E-state index contributed by atoms with van der Waals surface area (Å²) in [5.41, 5.74) is 0. The molecule has 5 nitrogen and oxygen atoms in total. The smallest absolute Gasteiger partial charge is 0.245 e. The van der Waals surface area contributed by atoms with Crippen LogP contribution < -0.4 is 0 Å². The van der Waals surface area contributed by atoms with E-state index in [9.17, 15) is 8.42 Å². The van der Waals surface area contributed by atoms with E-state index in [1.165, 1.54) is 21.4 Å². The largest absolute Gasteiger partial charge is 0.274 e. The fourth-order valence-electron chi connectivity index (χ4n) is 1.98. The first-order chi connectivity index (χ1) is 7.89. The molecule has 7 heteroatoms. The lowest BCUT2D eigenvalue weighted by molar-refractivity contribution is 0.275. The average molecular weight is 322 g/mol. The van der Waals surface area contributed by atoms with Crippen molar-refractivity contribution in [2.45, 2.75) is 22.6 Å². The molecule has 2 rings (SSSR count). The fraction of sp³-hybridized carbons (Fsp3) is 0.700. The van der Waals surface area contributed by atoms with E-state index in [0.29, 0.717) is 17.3 Å². The van der Waals surface area contributed by atoms with Crippen molar-refractivity contribution in [3.8, 4) is 0 Å². The topological polar surface area (TPSA) is 55.2 Å². The number of sulfonamides is 1. The summed E-state index contributed by atoms with van der Waals surface area (Å²) < 4.78 is 27.2. The van der Waals surface area contributed by atoms with E-state index < -0.39 is 10.0 Å². The highest BCUT2D eigenvalue weighted by Crippen LogP contribution is 2.34. The first-order valence-electron chi connectivity index (χ1n) is 5.48. The van der Waals surface area contributed by atoms with Crippen molar-refractivity contribution >= 4 is 26.0 Å². The molecule has 96 valence electrons. The van der Waals surface area contributed by atoms with Gasteiger partial charge in [-0.15, -0.1) is 0 Å². The average Bonchev–Trinajstić information content (AvgIpc) is 2.63. The van der Waals surface area contributed by atoms with Crippen molar-refractivity contribution in [1.29, 1.82) is 0 Å². The van der Waals surface area contributed by atoms with Gasteiger partial charge in [0.1, 0.15) is 4.90 Å². The van der Waals surface area contributed by atoms with Gasteiger partial charge >= 0.3 is 0 Å². The minimum absolute atomic E-state index is 0.261. The van der Waals surface area contributed by atoms with Crippen LogP contribution in [0.25, 0.3) is 0 Å². The molecule has 1 saturated carbocycles. The monoisotopic (exact) mass is 321 g/mol. The van der Waals surface area contributed by atoms with Crippen molar-refractivity contribution in [3.63, 3.8) is 0 Å². The maximum absolute atomic E-state index is 12.2. The Morgan fingerprint density at radius 1 is 1.59 bits per heavy atom. The van der Waals surface area contributed by atoms with E-state index in [0.717, 1.165) is 12.8 Å². The molecule has 0 unspecified atom stereocenters. The summed E-state index contributed by atoms with van der Waals surface area (Å²) in [4.78, 5) is 0.819. The van der Waals surface area contributed by atoms with E-state index in [-0.39, 0.29) is 4.90 Å². The van der Waals surface area contributed by atoms with Crippen molar-refractivity contribution < 1.29 is 8.42 Å². The molecule has 1 fully saturated rings. The zero-order valence-corrected chi connectivity index (χ0v) is 12.3. The number of aryl methyl sites for hydroxylation is 1. The molecular weight excluding hydrogens is 306 g/mol. The number of nitrogens with zero attached hydrogens (tertiary/aromatic N) is 3. The second kappa shape index (κ2) is 4.70. The molecule has 1 heterocycles. The Bertz CT molecular complexity index is 493. The van der Waals surface area contributed by atoms with E-state index in [4.69, 9.17) is 0 Å². The Hall–Kier alpha value is -0.400. The van der Waals surface area contributed by atoms with Gasteiger partial charge in [-0.2, -0.15) is 5.10 Å². The van der Waals surface area contributed by atoms with Crippen molar-refractivity contribution in [3.05, 3.63) is 12.4 Å². The van der Waals surface area contributed by atoms with E-state index in [2.05, 4.69) is 21.0 Å². The van der Waals surface area contributed by atoms with E-state index >= 15 is 0 Å². The molecule has 0 aromatic carbocycles. The highest BCUT2D eigenvalue weighted by atomic mass is 79.9. The van der Waals surface area contributed by atoms with Crippen LogP contribution in [0.3, 0.4) is 0 Å². The molecule has 0 radical (unpaired) electrons. The molecule has 1 aliphatic rings. The third kappa shape index (κ3) is 2.71. The molecular formula is C10H16BrN3O2S. The molecule has 17 heavy (non-hydrogen) atoms. The number of hydrogen-bond donors (Lipinski definition) is 0. The normalized spacial score (nSPS) is 24.9. The Morgan fingerprint density at radius 3 is 2.71 bits per heavy atom. The molecule has 0 aliphatic heterocycles. The van der Waals surface area contributed by atoms with Gasteiger partial charge in [0.25, 0.3) is 0 Å². The lowest BCUT2D eigenvalue weighted by Crippen LogP contribution is -2.37. The van der Waals surface area contributed by atoms with Crippen LogP contribution in [0.4, 0.5) is 0 Å². The van der Waals surface area contributed by atoms with Gasteiger partial charge in [-0.25, -0.2) is 12.7 Å². The van der Waals surface area contributed by atoms with Gasteiger partial charge in [0, 0.05) is 31.7 Å². The van der Waals surface area contributed by atoms with Crippen molar-refractivity contribution in [2.75, 3.05) is 13.6 Å². The molecule has 0 N–H and O–H groups in total. The van der Waals surface area contributed by atoms with Crippen molar-refractivity contribution in [2.24, 2.45) is 13.0 Å². The van der Waals surface area contributed by atoms with Crippen LogP contribution in [0.15, 0.2) is 17.3 Å². The van der Waals surface area contributed by atoms with Crippen LogP contribution in [0.2, 0.25) is 0 Å². The predicted molar refractivity (Wildman–Crippen MR) is 68.5 cm³/mol. The minimum atomic E-state index is -3.37. The number of aromatic nitrogens is 2. The number of hydrogen-bond acceptors (Lipinski definition) is 3. The Kier molecular flexibility index (Phi) is 3.61. The van der Waals surface area contributed by atoms with E-state index in [1.54, 1.807) is 14.1 Å². The Morgan fingerprint density at radius 2 is 2.24 bits per heavy atom. The van der Waals surface area contributed by atoms with Gasteiger partial charge < -0.3 is 0 Å². The minimum Gasteiger partial charge on any atom is -0.274 e. The SMILES string of the molecule is CN(CC1CC(Br)C1)S(=O)(=O)c1cnn(C)c1. The van der Waals surface area contributed by atoms with Crippen LogP contribution in [-0.2, 0) is 17.1 Å². The summed E-state index contributed by atoms with van der Waals surface area (Å²) >= 11 is 3.51. The van der Waals surface area contributed by atoms with Crippen LogP contribution in [0, 0.1) is 5.92 Å². The quantitative estimate of drug-likeness (QED) is 0.783. The summed E-state index contributed by atoms with van der Waals surface area (Å²) in [7, 11) is -0.0346. The maximum Gasteiger partial charge on any atom is 0.245 e. The molecule has 1 aliphatic carbocycles. The zero-order chi connectivity index (χ0) is 12.6. The molecule has 1 aromatic heterocycles. The fourth-order valence-corrected chi connectivity index (χ4v) is 4.27. The van der Waals surface area contributed by atoms with Gasteiger partial charge in [0.05, 0.1) is 6.20 Å². The first-order valence-corrected chi connectivity index (χ1v) is 7.84. The van der Waals surface area contributed by atoms with Gasteiger partial charge in [-0.3, -0.25) is 4.68 Å². The third-order valence-corrected chi connectivity index (χ3v) is 5.61. The lowest BCUT2D eigenvalue weighted by Gasteiger charge is -2.33. The van der Waals surface area contributed by atoms with Gasteiger partial charge in [0.2, 0.25) is 10.0 Å². The highest BCUT2D eigenvalue weighted by molar-refractivity contribution is 9.09. The van der Waals surface area contributed by atoms with Gasteiger partial charge in [-0.1, -0.05) is 15.9 Å². The highest BCUT2D eigenvalue weighted by Gasteiger charge is 2.31. The molecule has 0 atom stereocenters. The lowest BCUT2D eigenvalue weighted by atomic mass is 9.85. The molecule has 0 saturated heterocycles. The van der Waals surface area contributed by atoms with Gasteiger partial charge in [0.15, 0.2) is 0 Å². The first kappa shape index (κ1) is 13.0. The maximum atomic E-state index is 12.2. The molecule has 0 bridgehead atoms. The summed E-state index contributed by atoms with van der Waals surface area (Å²) in [5.74, 6) is 0.468. The number of halogens is 1. The van der Waals surface area contributed by atoms with Crippen LogP contribution in [0.5, 0.6) is 0 Å². The summed E-state index contributed by atoms with van der Waals surface area (Å²) in [6.07, 6.45) is 5.01. The number of alkyl halides is 1. The van der Waals surface area contributed by atoms with Crippen molar-refractivity contribution in [1.82, 2.24) is 14.1 Å². The summed E-state index contributed by atoms with van der Waals surface area (Å²) in [6, 6.07) is 0. The summed E-state index contributed by atoms with van der Waals surface area (Å²) in [6.45, 7) is 0.583. The number of rotatable bonds is 4. The second-order valence-electron chi connectivity index (χ2n) is 4.57. The predicted octanol–water partition coefficient (Wildman–Crippen LogP) is 1.21. The molecule has 0 amide bonds. The standard InChI is InChI=1S/C10H16BrN3O2S/c1-13-7-10(5-12-13)17(15,16)14(2)6-8-3-9(11)4-8/h5,7-9H,3-4,6H2,1-2H3. The van der Waals surface area contributed by atoms with Gasteiger partial charge in [-0.05, 0) is 18.8 Å². The van der Waals surface area contributed by atoms with Crippen LogP contribution >= 0.6 is 15.9 Å². The molecule has 0 spiro atoms. The second-order valence-corrected chi connectivity index (χ2v) is 7.91.